The Hall–Kier alpha value is -2.30. The van der Waals surface area contributed by atoms with Gasteiger partial charge in [0.05, 0.1) is 21.2 Å². The van der Waals surface area contributed by atoms with E-state index >= 15 is 0 Å². The molecule has 0 aliphatic carbocycles. The van der Waals surface area contributed by atoms with Gasteiger partial charge in [0.1, 0.15) is 12.6 Å². The van der Waals surface area contributed by atoms with Crippen molar-refractivity contribution in [2.45, 2.75) is 0 Å². The number of nitrogens with one attached hydrogen (secondary N) is 1. The number of ether oxygens (including phenoxy) is 1. The molecular formula is C11H16F6N5O2P. The summed E-state index contributed by atoms with van der Waals surface area (Å²) in [6.45, 7) is 0. The summed E-state index contributed by atoms with van der Waals surface area (Å²) >= 11 is 0. The van der Waals surface area contributed by atoms with Crippen molar-refractivity contribution in [3.63, 3.8) is 0 Å². The van der Waals surface area contributed by atoms with Crippen molar-refractivity contribution in [3.05, 3.63) is 18.2 Å². The first-order valence-electron chi connectivity index (χ1n) is 6.44. The van der Waals surface area contributed by atoms with Gasteiger partial charge >= 0.3 is 39.0 Å². The number of halogens is 6. The Kier molecular flexibility index (Phi) is 5.15. The van der Waals surface area contributed by atoms with Crippen LogP contribution in [0.3, 0.4) is 0 Å². The van der Waals surface area contributed by atoms with Crippen LogP contribution in [0.15, 0.2) is 18.2 Å². The van der Waals surface area contributed by atoms with Crippen LogP contribution in [0.2, 0.25) is 0 Å². The molecule has 0 saturated heterocycles. The molecule has 0 aliphatic heterocycles. The standard InChI is InChI=1S/C11H16N5O2.F6P/c1-15(2)11(17-4)16(3)18-9-7-5-6-8-10(9)13-14-12-8;1-7(2,3,4,5)6/h5-7H,1-4H3,(H,12,13,14);/q+1;-1. The maximum atomic E-state index is 9.87. The number of hydroxylamine groups is 2. The van der Waals surface area contributed by atoms with Crippen molar-refractivity contribution in [1.82, 2.24) is 20.5 Å². The quantitative estimate of drug-likeness (QED) is 0.209. The first-order valence-corrected chi connectivity index (χ1v) is 8.47. The zero-order valence-electron chi connectivity index (χ0n) is 13.6. The fourth-order valence-electron chi connectivity index (χ4n) is 1.70. The van der Waals surface area contributed by atoms with E-state index in [0.717, 1.165) is 5.52 Å². The van der Waals surface area contributed by atoms with Crippen molar-refractivity contribution in [2.75, 3.05) is 28.3 Å². The molecule has 0 aliphatic rings. The Labute approximate surface area is 138 Å². The second-order valence-electron chi connectivity index (χ2n) is 4.88. The van der Waals surface area contributed by atoms with Crippen LogP contribution in [-0.4, -0.2) is 59.3 Å². The number of benzene rings is 1. The number of aromatic amines is 1. The SMILES string of the molecule is COC(N(C)Oc1cccc2n[nH]nc12)=[N+](C)C.F[P-](F)(F)(F)(F)F. The van der Waals surface area contributed by atoms with Gasteiger partial charge in [0, 0.05) is 0 Å². The maximum absolute atomic E-state index is 10.7. The molecule has 0 unspecified atom stereocenters. The number of para-hydroxylation sites is 1. The Balaban J connectivity index is 0.000000381. The van der Waals surface area contributed by atoms with Gasteiger partial charge in [-0.1, -0.05) is 6.07 Å². The van der Waals surface area contributed by atoms with Gasteiger partial charge in [0.2, 0.25) is 5.75 Å². The summed E-state index contributed by atoms with van der Waals surface area (Å²) in [4.78, 5) is 5.71. The van der Waals surface area contributed by atoms with Gasteiger partial charge < -0.3 is 4.74 Å². The van der Waals surface area contributed by atoms with Crippen LogP contribution in [0.4, 0.5) is 25.2 Å². The van der Waals surface area contributed by atoms with Crippen LogP contribution in [0.25, 0.3) is 11.0 Å². The predicted octanol–water partition coefficient (Wildman–Crippen LogP) is 3.84. The van der Waals surface area contributed by atoms with Gasteiger partial charge in [0.25, 0.3) is 0 Å². The monoisotopic (exact) mass is 395 g/mol. The summed E-state index contributed by atoms with van der Waals surface area (Å²) in [5.41, 5.74) is 1.43. The number of hydrogen-bond donors (Lipinski definition) is 1. The molecule has 1 aromatic carbocycles. The predicted molar refractivity (Wildman–Crippen MR) is 80.0 cm³/mol. The van der Waals surface area contributed by atoms with Crippen LogP contribution >= 0.6 is 7.81 Å². The molecule has 2 aromatic rings. The van der Waals surface area contributed by atoms with Gasteiger partial charge in [-0.3, -0.25) is 4.84 Å². The normalized spacial score (nSPS) is 13.8. The average molecular weight is 395 g/mol. The third kappa shape index (κ3) is 8.38. The minimum absolute atomic E-state index is 0.579. The van der Waals surface area contributed by atoms with E-state index in [1.54, 1.807) is 14.2 Å². The van der Waals surface area contributed by atoms with E-state index < -0.39 is 7.81 Å². The summed E-state index contributed by atoms with van der Waals surface area (Å²) in [6.07, 6.45) is 0. The number of aromatic nitrogens is 3. The fraction of sp³-hybridized carbons (Fsp3) is 0.364. The summed E-state index contributed by atoms with van der Waals surface area (Å²) in [6, 6.07) is 6.12. The number of fused-ring (bicyclic) bond motifs is 1. The van der Waals surface area contributed by atoms with Gasteiger partial charge in [0.15, 0.2) is 5.52 Å². The molecule has 7 nitrogen and oxygen atoms in total. The van der Waals surface area contributed by atoms with Crippen LogP contribution in [-0.2, 0) is 4.74 Å². The van der Waals surface area contributed by atoms with Crippen molar-refractivity contribution < 1.29 is 39.3 Å². The van der Waals surface area contributed by atoms with Crippen molar-refractivity contribution in [2.24, 2.45) is 0 Å². The number of H-pyrrole nitrogens is 1. The van der Waals surface area contributed by atoms with Gasteiger partial charge in [-0.05, 0) is 17.2 Å². The van der Waals surface area contributed by atoms with Crippen LogP contribution in [0.1, 0.15) is 0 Å². The van der Waals surface area contributed by atoms with E-state index in [2.05, 4.69) is 15.4 Å². The Morgan fingerprint density at radius 2 is 1.68 bits per heavy atom. The van der Waals surface area contributed by atoms with E-state index in [9.17, 15) is 25.2 Å². The molecule has 25 heavy (non-hydrogen) atoms. The molecule has 1 N–H and O–H groups in total. The molecule has 1 heterocycles. The van der Waals surface area contributed by atoms with E-state index in [4.69, 9.17) is 9.57 Å². The van der Waals surface area contributed by atoms with E-state index in [1.807, 2.05) is 36.9 Å². The summed E-state index contributed by atoms with van der Waals surface area (Å²) < 4.78 is 66.2. The molecule has 14 heteroatoms. The first kappa shape index (κ1) is 20.7. The first-order chi connectivity index (χ1) is 11.1. The van der Waals surface area contributed by atoms with Crippen molar-refractivity contribution in [1.29, 1.82) is 0 Å². The fourth-order valence-corrected chi connectivity index (χ4v) is 1.70. The van der Waals surface area contributed by atoms with Gasteiger partial charge in [-0.25, -0.2) is 4.58 Å². The van der Waals surface area contributed by atoms with Gasteiger partial charge in [-0.15, -0.1) is 0 Å². The molecule has 0 spiro atoms. The van der Waals surface area contributed by atoms with Crippen molar-refractivity contribution in [3.8, 4) is 5.75 Å². The molecule has 0 amide bonds. The molecule has 0 radical (unpaired) electrons. The van der Waals surface area contributed by atoms with Crippen LogP contribution in [0, 0.1) is 0 Å². The molecule has 0 fully saturated rings. The van der Waals surface area contributed by atoms with Crippen molar-refractivity contribution >= 4 is 24.9 Å². The summed E-state index contributed by atoms with van der Waals surface area (Å²) in [5.74, 6) is 0.611. The number of hydrogen-bond acceptors (Lipinski definition) is 4. The van der Waals surface area contributed by atoms with E-state index in [0.29, 0.717) is 17.3 Å². The zero-order chi connectivity index (χ0) is 19.5. The summed E-state index contributed by atoms with van der Waals surface area (Å²) in [5, 5.41) is 12.2. The number of nitrogens with zero attached hydrogens (tertiary/aromatic N) is 4. The number of methoxy groups -OCH3 is 1. The second-order valence-corrected chi connectivity index (χ2v) is 6.79. The Morgan fingerprint density at radius 1 is 1.12 bits per heavy atom. The Morgan fingerprint density at radius 3 is 2.16 bits per heavy atom. The molecule has 1 aromatic heterocycles. The number of amidine groups is 1. The summed E-state index contributed by atoms with van der Waals surface area (Å²) in [7, 11) is -3.57. The van der Waals surface area contributed by atoms with E-state index in [-0.39, 0.29) is 0 Å². The van der Waals surface area contributed by atoms with E-state index in [1.165, 1.54) is 5.06 Å². The molecule has 0 saturated carbocycles. The van der Waals surface area contributed by atoms with Gasteiger partial charge in [-0.2, -0.15) is 15.4 Å². The average Bonchev–Trinajstić information content (AvgIpc) is 2.84. The minimum atomic E-state index is -10.7. The Bertz CT molecular complexity index is 761. The molecular weight excluding hydrogens is 379 g/mol. The molecule has 2 rings (SSSR count). The molecule has 0 bridgehead atoms. The number of rotatable bonds is 2. The third-order valence-corrected chi connectivity index (χ3v) is 2.38. The zero-order valence-corrected chi connectivity index (χ0v) is 14.4. The second kappa shape index (κ2) is 6.21. The topological polar surface area (TPSA) is 66.3 Å². The van der Waals surface area contributed by atoms with Crippen LogP contribution in [0.5, 0.6) is 5.75 Å². The molecule has 0 atom stereocenters. The van der Waals surface area contributed by atoms with Crippen LogP contribution < -0.4 is 4.84 Å². The molecule has 144 valence electrons. The third-order valence-electron chi connectivity index (χ3n) is 2.38.